The summed E-state index contributed by atoms with van der Waals surface area (Å²) in [5, 5.41) is 4.90. The lowest BCUT2D eigenvalue weighted by Gasteiger charge is -2.27. The topological polar surface area (TPSA) is 129 Å². The van der Waals surface area contributed by atoms with Crippen molar-refractivity contribution in [3.63, 3.8) is 0 Å². The van der Waals surface area contributed by atoms with E-state index in [-0.39, 0.29) is 26.2 Å². The highest BCUT2D eigenvalue weighted by Gasteiger charge is 2.44. The zero-order chi connectivity index (χ0) is 25.7. The van der Waals surface area contributed by atoms with Gasteiger partial charge in [-0.2, -0.15) is 0 Å². The van der Waals surface area contributed by atoms with Crippen LogP contribution in [0.2, 0.25) is 0 Å². The summed E-state index contributed by atoms with van der Waals surface area (Å²) < 4.78 is 33.7. The Bertz CT molecular complexity index is 993. The maximum atomic E-state index is 13.2. The Balaban J connectivity index is 2.22. The van der Waals surface area contributed by atoms with E-state index in [1.807, 2.05) is 24.3 Å². The summed E-state index contributed by atoms with van der Waals surface area (Å²) in [5.74, 6) is -3.52. The summed E-state index contributed by atoms with van der Waals surface area (Å²) in [4.78, 5) is 38.1. The molecule has 2 N–H and O–H groups in total. The first-order valence-corrected chi connectivity index (χ1v) is 12.7. The summed E-state index contributed by atoms with van der Waals surface area (Å²) in [5.41, 5.74) is 1.51. The molecule has 0 saturated heterocycles. The number of amides is 2. The molecule has 10 nitrogen and oxygen atoms in total. The van der Waals surface area contributed by atoms with Gasteiger partial charge in [0.15, 0.2) is 0 Å². The first-order valence-electron chi connectivity index (χ1n) is 11.1. The van der Waals surface area contributed by atoms with Gasteiger partial charge in [-0.1, -0.05) is 60.7 Å². The smallest absolute Gasteiger partial charge is 0.408 e. The van der Waals surface area contributed by atoms with Crippen molar-refractivity contribution in [1.29, 1.82) is 0 Å². The third-order valence-corrected chi connectivity index (χ3v) is 6.95. The molecule has 0 aromatic heterocycles. The maximum Gasteiger partial charge on any atom is 0.408 e. The van der Waals surface area contributed by atoms with Gasteiger partial charge >= 0.3 is 19.7 Å². The molecular formula is C24H31N2O8P. The molecule has 2 aromatic carbocycles. The van der Waals surface area contributed by atoms with E-state index in [4.69, 9.17) is 18.5 Å². The van der Waals surface area contributed by atoms with Gasteiger partial charge in [-0.05, 0) is 25.0 Å². The van der Waals surface area contributed by atoms with E-state index >= 15 is 0 Å². The molecular weight excluding hydrogens is 475 g/mol. The minimum atomic E-state index is -4.12. The first-order chi connectivity index (χ1) is 16.8. The summed E-state index contributed by atoms with van der Waals surface area (Å²) in [6.45, 7) is 3.09. The van der Waals surface area contributed by atoms with Gasteiger partial charge < -0.3 is 29.2 Å². The Hall–Kier alpha value is -3.20. The number of ether oxygens (including phenoxy) is 2. The van der Waals surface area contributed by atoms with Crippen molar-refractivity contribution >= 4 is 25.6 Å². The highest BCUT2D eigenvalue weighted by Crippen LogP contribution is 2.52. The van der Waals surface area contributed by atoms with E-state index < -0.39 is 37.4 Å². The van der Waals surface area contributed by atoms with Crippen LogP contribution >= 0.6 is 7.60 Å². The van der Waals surface area contributed by atoms with E-state index in [2.05, 4.69) is 10.6 Å². The quantitative estimate of drug-likeness (QED) is 0.312. The van der Waals surface area contributed by atoms with Gasteiger partial charge in [-0.25, -0.2) is 9.59 Å². The molecule has 0 unspecified atom stereocenters. The SMILES string of the molecule is CCOP(=O)(OCC)[C@H](NC(=O)[C@H](Cc1ccccc1)NC(=O)OCc1ccccc1)C(=O)OC. The molecule has 0 heterocycles. The van der Waals surface area contributed by atoms with Crippen LogP contribution in [0.3, 0.4) is 0 Å². The lowest BCUT2D eigenvalue weighted by Crippen LogP contribution is -2.53. The molecule has 11 heteroatoms. The monoisotopic (exact) mass is 506 g/mol. The number of carbonyl (C=O) groups is 3. The fraction of sp³-hybridized carbons (Fsp3) is 0.375. The molecule has 0 spiro atoms. The van der Waals surface area contributed by atoms with Gasteiger partial charge in [0.05, 0.1) is 20.3 Å². The van der Waals surface area contributed by atoms with Gasteiger partial charge in [0.1, 0.15) is 12.6 Å². The number of carbonyl (C=O) groups excluding carboxylic acids is 3. The molecule has 2 aromatic rings. The number of alkyl carbamates (subject to hydrolysis) is 1. The van der Waals surface area contributed by atoms with Crippen LogP contribution in [-0.2, 0) is 45.7 Å². The van der Waals surface area contributed by atoms with Gasteiger partial charge in [-0.3, -0.25) is 9.36 Å². The van der Waals surface area contributed by atoms with Crippen molar-refractivity contribution in [3.05, 3.63) is 71.8 Å². The number of rotatable bonds is 13. The number of methoxy groups -OCH3 is 1. The molecule has 0 aliphatic carbocycles. The number of hydrogen-bond donors (Lipinski definition) is 2. The van der Waals surface area contributed by atoms with Crippen LogP contribution in [0.1, 0.15) is 25.0 Å². The summed E-state index contributed by atoms with van der Waals surface area (Å²) in [7, 11) is -3.03. The molecule has 2 atom stereocenters. The first kappa shape index (κ1) is 28.0. The summed E-state index contributed by atoms with van der Waals surface area (Å²) in [6.07, 6.45) is -0.758. The van der Waals surface area contributed by atoms with E-state index in [1.54, 1.807) is 50.2 Å². The van der Waals surface area contributed by atoms with Gasteiger partial charge in [0.25, 0.3) is 0 Å². The Morgan fingerprint density at radius 2 is 1.40 bits per heavy atom. The largest absolute Gasteiger partial charge is 0.467 e. The van der Waals surface area contributed by atoms with Crippen LogP contribution in [0.4, 0.5) is 4.79 Å². The van der Waals surface area contributed by atoms with Crippen LogP contribution < -0.4 is 10.6 Å². The average molecular weight is 506 g/mol. The van der Waals surface area contributed by atoms with Gasteiger partial charge in [0, 0.05) is 6.42 Å². The lowest BCUT2D eigenvalue weighted by molar-refractivity contribution is -0.143. The van der Waals surface area contributed by atoms with E-state index in [9.17, 15) is 18.9 Å². The molecule has 0 aliphatic rings. The predicted octanol–water partition coefficient (Wildman–Crippen LogP) is 3.41. The number of hydrogen-bond acceptors (Lipinski definition) is 8. The normalized spacial score (nSPS) is 12.8. The summed E-state index contributed by atoms with van der Waals surface area (Å²) >= 11 is 0. The Morgan fingerprint density at radius 1 is 0.857 bits per heavy atom. The molecule has 0 aliphatic heterocycles. The second kappa shape index (κ2) is 14.3. The number of nitrogens with one attached hydrogen (secondary N) is 2. The number of benzene rings is 2. The van der Waals surface area contributed by atoms with Crippen molar-refractivity contribution in [1.82, 2.24) is 10.6 Å². The van der Waals surface area contributed by atoms with Crippen LogP contribution in [0.5, 0.6) is 0 Å². The summed E-state index contributed by atoms with van der Waals surface area (Å²) in [6, 6.07) is 16.8. The fourth-order valence-corrected chi connectivity index (χ4v) is 4.87. The molecule has 0 saturated carbocycles. The van der Waals surface area contributed by atoms with Crippen LogP contribution in [0.25, 0.3) is 0 Å². The van der Waals surface area contributed by atoms with E-state index in [1.165, 1.54) is 0 Å². The van der Waals surface area contributed by atoms with Crippen molar-refractivity contribution in [2.24, 2.45) is 0 Å². The van der Waals surface area contributed by atoms with E-state index in [0.717, 1.165) is 18.2 Å². The van der Waals surface area contributed by atoms with Crippen molar-refractivity contribution in [3.8, 4) is 0 Å². The standard InChI is InChI=1S/C24H31N2O8P/c1-4-33-35(30,34-5-2)22(23(28)31-3)26-21(27)20(16-18-12-8-6-9-13-18)25-24(29)32-17-19-14-10-7-11-15-19/h6-15,20,22H,4-5,16-17H2,1-3H3,(H,25,29)(H,26,27)/t20-,22-/m0/s1. The molecule has 190 valence electrons. The highest BCUT2D eigenvalue weighted by molar-refractivity contribution is 7.55. The lowest BCUT2D eigenvalue weighted by atomic mass is 10.1. The number of esters is 1. The van der Waals surface area contributed by atoms with Crippen molar-refractivity contribution in [2.45, 2.75) is 38.7 Å². The zero-order valence-corrected chi connectivity index (χ0v) is 20.9. The second-order valence-electron chi connectivity index (χ2n) is 7.26. The minimum absolute atomic E-state index is 0.00101. The maximum absolute atomic E-state index is 13.2. The molecule has 2 rings (SSSR count). The van der Waals surface area contributed by atoms with Gasteiger partial charge in [0.2, 0.25) is 11.7 Å². The minimum Gasteiger partial charge on any atom is -0.467 e. The van der Waals surface area contributed by atoms with E-state index in [0.29, 0.717) is 0 Å². The van der Waals surface area contributed by atoms with Crippen LogP contribution in [0.15, 0.2) is 60.7 Å². The fourth-order valence-electron chi connectivity index (χ4n) is 3.13. The average Bonchev–Trinajstić information content (AvgIpc) is 2.86. The third kappa shape index (κ3) is 8.83. The molecule has 0 fully saturated rings. The third-order valence-electron chi connectivity index (χ3n) is 4.74. The Morgan fingerprint density at radius 3 is 1.91 bits per heavy atom. The molecule has 0 bridgehead atoms. The molecule has 2 amide bonds. The van der Waals surface area contributed by atoms with Crippen molar-refractivity contribution in [2.75, 3.05) is 20.3 Å². The van der Waals surface area contributed by atoms with Crippen molar-refractivity contribution < 1.29 is 37.5 Å². The second-order valence-corrected chi connectivity index (χ2v) is 9.37. The van der Waals surface area contributed by atoms with Crippen LogP contribution in [-0.4, -0.2) is 50.1 Å². The Kier molecular flexibility index (Phi) is 11.4. The molecule has 35 heavy (non-hydrogen) atoms. The zero-order valence-electron chi connectivity index (χ0n) is 20.0. The van der Waals surface area contributed by atoms with Gasteiger partial charge in [-0.15, -0.1) is 0 Å². The Labute approximate surface area is 204 Å². The predicted molar refractivity (Wildman–Crippen MR) is 129 cm³/mol. The molecule has 0 radical (unpaired) electrons. The highest BCUT2D eigenvalue weighted by atomic mass is 31.2. The van der Waals surface area contributed by atoms with Crippen LogP contribution in [0, 0.1) is 0 Å².